The smallest absolute Gasteiger partial charge is 0.274 e. The first-order valence-electron chi connectivity index (χ1n) is 7.52. The van der Waals surface area contributed by atoms with E-state index in [-0.39, 0.29) is 5.91 Å². The lowest BCUT2D eigenvalue weighted by Crippen LogP contribution is -2.14. The number of carbonyl (C=O) groups excluding carboxylic acids is 1. The molecule has 1 unspecified atom stereocenters. The Bertz CT molecular complexity index is 731. The number of nitrogens with zero attached hydrogens (tertiary/aromatic N) is 2. The normalized spacial score (nSPS) is 18.0. The lowest BCUT2D eigenvalue weighted by molar-refractivity contribution is 0.0957. The van der Waals surface area contributed by atoms with Crippen molar-refractivity contribution in [3.8, 4) is 0 Å². The van der Waals surface area contributed by atoms with Crippen LogP contribution in [-0.2, 0) is 6.42 Å². The summed E-state index contributed by atoms with van der Waals surface area (Å²) in [6.07, 6.45) is 4.44. The summed E-state index contributed by atoms with van der Waals surface area (Å²) in [4.78, 5) is 12.4. The summed E-state index contributed by atoms with van der Waals surface area (Å²) in [6, 6.07) is 9.38. The highest BCUT2D eigenvalue weighted by Gasteiger charge is 2.25. The molecule has 0 spiro atoms. The van der Waals surface area contributed by atoms with Crippen LogP contribution in [0.25, 0.3) is 5.70 Å². The van der Waals surface area contributed by atoms with E-state index in [1.165, 1.54) is 10.8 Å². The highest BCUT2D eigenvalue weighted by atomic mass is 16.2. The maximum Gasteiger partial charge on any atom is 0.274 e. The standard InChI is InChI=1S/C17H20N4O/c1-11-6-5-9-13-16(11)20-21(17(13)19)15(22)10-14(18)12-7-3-2-4-8-12/h2-4,7-8,10-11H,5-6,9,18-19H2,1H3/b14-10-. The van der Waals surface area contributed by atoms with Crippen LogP contribution in [0.15, 0.2) is 36.4 Å². The number of nitrogens with two attached hydrogens (primary N) is 2. The fourth-order valence-electron chi connectivity index (χ4n) is 2.93. The van der Waals surface area contributed by atoms with Gasteiger partial charge >= 0.3 is 0 Å². The number of anilines is 1. The van der Waals surface area contributed by atoms with Gasteiger partial charge in [0.05, 0.1) is 5.69 Å². The van der Waals surface area contributed by atoms with Crippen molar-refractivity contribution in [1.29, 1.82) is 0 Å². The van der Waals surface area contributed by atoms with E-state index in [4.69, 9.17) is 11.5 Å². The molecule has 0 radical (unpaired) electrons. The Balaban J connectivity index is 1.93. The van der Waals surface area contributed by atoms with Crippen molar-refractivity contribution in [2.75, 3.05) is 5.73 Å². The van der Waals surface area contributed by atoms with E-state index in [0.29, 0.717) is 17.4 Å². The first kappa shape index (κ1) is 14.4. The Morgan fingerprint density at radius 1 is 1.36 bits per heavy atom. The largest absolute Gasteiger partial charge is 0.398 e. The van der Waals surface area contributed by atoms with Crippen LogP contribution >= 0.6 is 0 Å². The van der Waals surface area contributed by atoms with Crippen LogP contribution in [0.1, 0.15) is 47.3 Å². The van der Waals surface area contributed by atoms with Gasteiger partial charge in [0.25, 0.3) is 5.91 Å². The lowest BCUT2D eigenvalue weighted by Gasteiger charge is -2.16. The van der Waals surface area contributed by atoms with Gasteiger partial charge in [-0.05, 0) is 24.8 Å². The second-order valence-electron chi connectivity index (χ2n) is 5.76. The highest BCUT2D eigenvalue weighted by Crippen LogP contribution is 2.33. The molecular weight excluding hydrogens is 276 g/mol. The van der Waals surface area contributed by atoms with Gasteiger partial charge in [0.1, 0.15) is 5.82 Å². The van der Waals surface area contributed by atoms with Gasteiger partial charge < -0.3 is 11.5 Å². The minimum Gasteiger partial charge on any atom is -0.398 e. The van der Waals surface area contributed by atoms with Crippen molar-refractivity contribution >= 4 is 17.4 Å². The van der Waals surface area contributed by atoms with E-state index in [1.807, 2.05) is 30.3 Å². The van der Waals surface area contributed by atoms with E-state index in [2.05, 4.69) is 12.0 Å². The summed E-state index contributed by atoms with van der Waals surface area (Å²) in [6.45, 7) is 2.12. The second kappa shape index (κ2) is 5.67. The number of fused-ring (bicyclic) bond motifs is 1. The van der Waals surface area contributed by atoms with Gasteiger partial charge in [-0.1, -0.05) is 37.3 Å². The van der Waals surface area contributed by atoms with Crippen LogP contribution in [0.4, 0.5) is 5.82 Å². The first-order valence-corrected chi connectivity index (χ1v) is 7.52. The lowest BCUT2D eigenvalue weighted by atomic mass is 9.89. The van der Waals surface area contributed by atoms with Crippen LogP contribution in [0.2, 0.25) is 0 Å². The molecule has 5 nitrogen and oxygen atoms in total. The third-order valence-electron chi connectivity index (χ3n) is 4.18. The van der Waals surface area contributed by atoms with Gasteiger partial charge in [0, 0.05) is 23.3 Å². The minimum absolute atomic E-state index is 0.305. The molecule has 0 aliphatic heterocycles. The fourth-order valence-corrected chi connectivity index (χ4v) is 2.93. The van der Waals surface area contributed by atoms with E-state index in [9.17, 15) is 4.79 Å². The average molecular weight is 296 g/mol. The number of nitrogen functional groups attached to an aromatic ring is 1. The highest BCUT2D eigenvalue weighted by molar-refractivity contribution is 5.97. The summed E-state index contributed by atoms with van der Waals surface area (Å²) in [5.74, 6) is 0.486. The number of allylic oxidation sites excluding steroid dienone is 1. The molecular formula is C17H20N4O. The molecule has 0 fully saturated rings. The van der Waals surface area contributed by atoms with Gasteiger partial charge in [-0.3, -0.25) is 4.79 Å². The summed E-state index contributed by atoms with van der Waals surface area (Å²) < 4.78 is 1.28. The number of hydrogen-bond acceptors (Lipinski definition) is 4. The monoisotopic (exact) mass is 296 g/mol. The van der Waals surface area contributed by atoms with Crippen molar-refractivity contribution in [3.63, 3.8) is 0 Å². The first-order chi connectivity index (χ1) is 10.6. The molecule has 1 aromatic heterocycles. The van der Waals surface area contributed by atoms with E-state index in [1.54, 1.807) is 0 Å². The van der Waals surface area contributed by atoms with Gasteiger partial charge in [-0.2, -0.15) is 9.78 Å². The quantitative estimate of drug-likeness (QED) is 0.834. The second-order valence-corrected chi connectivity index (χ2v) is 5.76. The zero-order valence-corrected chi connectivity index (χ0v) is 12.6. The molecule has 114 valence electrons. The summed E-state index contributed by atoms with van der Waals surface area (Å²) >= 11 is 0. The van der Waals surface area contributed by atoms with Gasteiger partial charge in [0.2, 0.25) is 0 Å². The van der Waals surface area contributed by atoms with Crippen LogP contribution in [0.5, 0.6) is 0 Å². The van der Waals surface area contributed by atoms with Crippen molar-refractivity contribution in [3.05, 3.63) is 53.2 Å². The third-order valence-corrected chi connectivity index (χ3v) is 4.18. The average Bonchev–Trinajstić information content (AvgIpc) is 2.87. The Hall–Kier alpha value is -2.56. The van der Waals surface area contributed by atoms with Gasteiger partial charge in [-0.15, -0.1) is 0 Å². The van der Waals surface area contributed by atoms with Crippen LogP contribution < -0.4 is 11.5 Å². The molecule has 1 aliphatic rings. The maximum atomic E-state index is 12.4. The van der Waals surface area contributed by atoms with Crippen LogP contribution in [0, 0.1) is 0 Å². The van der Waals surface area contributed by atoms with Crippen LogP contribution in [0.3, 0.4) is 0 Å². The molecule has 2 aromatic rings. The molecule has 5 heteroatoms. The Labute approximate surface area is 129 Å². The number of hydrogen-bond donors (Lipinski definition) is 2. The SMILES string of the molecule is CC1CCCc2c1nn(C(=O)/C=C(\N)c1ccccc1)c2N. The maximum absolute atomic E-state index is 12.4. The van der Waals surface area contributed by atoms with E-state index >= 15 is 0 Å². The number of benzene rings is 1. The number of rotatable bonds is 2. The third kappa shape index (κ3) is 2.50. The molecule has 3 rings (SSSR count). The topological polar surface area (TPSA) is 86.9 Å². The van der Waals surface area contributed by atoms with E-state index < -0.39 is 0 Å². The molecule has 0 saturated heterocycles. The van der Waals surface area contributed by atoms with E-state index in [0.717, 1.165) is 36.1 Å². The predicted molar refractivity (Wildman–Crippen MR) is 87.2 cm³/mol. The molecule has 1 heterocycles. The Morgan fingerprint density at radius 2 is 2.09 bits per heavy atom. The predicted octanol–water partition coefficient (Wildman–Crippen LogP) is 2.55. The fraction of sp³-hybridized carbons (Fsp3) is 0.294. The van der Waals surface area contributed by atoms with Crippen molar-refractivity contribution in [2.24, 2.45) is 5.73 Å². The Kier molecular flexibility index (Phi) is 3.71. The molecule has 0 bridgehead atoms. The van der Waals surface area contributed by atoms with Gasteiger partial charge in [-0.25, -0.2) is 0 Å². The minimum atomic E-state index is -0.305. The molecule has 4 N–H and O–H groups in total. The number of aromatic nitrogens is 2. The van der Waals surface area contributed by atoms with Crippen molar-refractivity contribution < 1.29 is 4.79 Å². The molecule has 1 aromatic carbocycles. The van der Waals surface area contributed by atoms with Crippen molar-refractivity contribution in [2.45, 2.75) is 32.1 Å². The Morgan fingerprint density at radius 3 is 2.77 bits per heavy atom. The summed E-state index contributed by atoms with van der Waals surface area (Å²) in [5.41, 5.74) is 15.3. The van der Waals surface area contributed by atoms with Crippen molar-refractivity contribution in [1.82, 2.24) is 9.78 Å². The summed E-state index contributed by atoms with van der Waals surface area (Å²) in [5, 5.41) is 4.42. The molecule has 0 amide bonds. The summed E-state index contributed by atoms with van der Waals surface area (Å²) in [7, 11) is 0. The zero-order chi connectivity index (χ0) is 15.7. The molecule has 1 aliphatic carbocycles. The van der Waals surface area contributed by atoms with Gasteiger partial charge in [0.15, 0.2) is 0 Å². The van der Waals surface area contributed by atoms with Crippen LogP contribution in [-0.4, -0.2) is 15.7 Å². The number of carbonyl (C=O) groups is 1. The zero-order valence-electron chi connectivity index (χ0n) is 12.6. The molecule has 1 atom stereocenters. The molecule has 22 heavy (non-hydrogen) atoms. The molecule has 0 saturated carbocycles.